The van der Waals surface area contributed by atoms with Gasteiger partial charge in [0.2, 0.25) is 5.91 Å². The predicted octanol–water partition coefficient (Wildman–Crippen LogP) is 1.16. The summed E-state index contributed by atoms with van der Waals surface area (Å²) >= 11 is 0. The molecule has 2 atom stereocenters. The summed E-state index contributed by atoms with van der Waals surface area (Å²) in [6.45, 7) is 4.12. The Bertz CT molecular complexity index is 495. The highest BCUT2D eigenvalue weighted by atomic mass is 16.5. The summed E-state index contributed by atoms with van der Waals surface area (Å²) in [7, 11) is 1.67. The lowest BCUT2D eigenvalue weighted by molar-refractivity contribution is -0.127. The van der Waals surface area contributed by atoms with Crippen molar-refractivity contribution in [3.63, 3.8) is 0 Å². The quantitative estimate of drug-likeness (QED) is 0.826. The smallest absolute Gasteiger partial charge is 0.246 e. The van der Waals surface area contributed by atoms with Crippen LogP contribution in [0.1, 0.15) is 42.9 Å². The number of methoxy groups -OCH3 is 1. The van der Waals surface area contributed by atoms with E-state index in [0.717, 1.165) is 30.9 Å². The van der Waals surface area contributed by atoms with Crippen molar-refractivity contribution in [2.24, 2.45) is 0 Å². The Hall–Kier alpha value is -1.69. The summed E-state index contributed by atoms with van der Waals surface area (Å²) in [6, 6.07) is -0.0875. The molecule has 0 unspecified atom stereocenters. The second-order valence-electron chi connectivity index (χ2n) is 5.16. The largest absolute Gasteiger partial charge is 0.380 e. The Morgan fingerprint density at radius 3 is 3.00 bits per heavy atom. The molecule has 19 heavy (non-hydrogen) atoms. The molecule has 2 heterocycles. The summed E-state index contributed by atoms with van der Waals surface area (Å²) in [5, 5.41) is 7.23. The maximum atomic E-state index is 11.9. The number of aromatic amines is 1. The predicted molar refractivity (Wildman–Crippen MR) is 68.4 cm³/mol. The lowest BCUT2D eigenvalue weighted by Gasteiger charge is -2.20. The van der Waals surface area contributed by atoms with Crippen molar-refractivity contribution in [2.75, 3.05) is 13.7 Å². The van der Waals surface area contributed by atoms with Crippen molar-refractivity contribution >= 4 is 5.91 Å². The molecule has 2 fully saturated rings. The monoisotopic (exact) mass is 262 g/mol. The summed E-state index contributed by atoms with van der Waals surface area (Å²) in [4.78, 5) is 18.2. The molecule has 3 rings (SSSR count). The number of carbonyl (C=O) groups is 1. The molecule has 1 N–H and O–H groups in total. The van der Waals surface area contributed by atoms with Crippen LogP contribution in [-0.4, -0.2) is 45.7 Å². The highest BCUT2D eigenvalue weighted by molar-refractivity contribution is 5.87. The first-order chi connectivity index (χ1) is 9.22. The molecule has 6 nitrogen and oxygen atoms in total. The number of aromatic nitrogens is 3. The standard InChI is InChI=1S/C13H18N4O2/c1-3-11(18)17-7-9(19-2)6-10(17)13-14-12(15-16-13)8-4-5-8/h3,8-10H,1,4-7H2,2H3,(H,14,15,16)/t9-,10+/m1/s1. The van der Waals surface area contributed by atoms with E-state index in [2.05, 4.69) is 21.8 Å². The fraction of sp³-hybridized carbons (Fsp3) is 0.615. The highest BCUT2D eigenvalue weighted by Gasteiger charge is 2.38. The van der Waals surface area contributed by atoms with Gasteiger partial charge in [-0.05, 0) is 18.9 Å². The second kappa shape index (κ2) is 4.77. The van der Waals surface area contributed by atoms with Crippen molar-refractivity contribution in [1.29, 1.82) is 0 Å². The van der Waals surface area contributed by atoms with Crippen LogP contribution in [0.25, 0.3) is 0 Å². The molecule has 1 saturated heterocycles. The number of ether oxygens (including phenoxy) is 1. The third-order valence-electron chi connectivity index (χ3n) is 3.83. The maximum absolute atomic E-state index is 11.9. The molecule has 1 aromatic rings. The SMILES string of the molecule is C=CC(=O)N1C[C@H](OC)C[C@H]1c1nc(C2CC2)n[nH]1. The van der Waals surface area contributed by atoms with Gasteiger partial charge in [-0.1, -0.05) is 6.58 Å². The van der Waals surface area contributed by atoms with E-state index in [9.17, 15) is 4.79 Å². The van der Waals surface area contributed by atoms with E-state index in [1.165, 1.54) is 6.08 Å². The van der Waals surface area contributed by atoms with Gasteiger partial charge in [0.25, 0.3) is 0 Å². The van der Waals surface area contributed by atoms with Gasteiger partial charge in [0.15, 0.2) is 5.82 Å². The molecule has 0 bridgehead atoms. The topological polar surface area (TPSA) is 71.1 Å². The summed E-state index contributed by atoms with van der Waals surface area (Å²) < 4.78 is 5.36. The van der Waals surface area contributed by atoms with Gasteiger partial charge in [-0.3, -0.25) is 9.89 Å². The number of nitrogens with one attached hydrogen (secondary N) is 1. The van der Waals surface area contributed by atoms with Crippen LogP contribution in [0.2, 0.25) is 0 Å². The first kappa shape index (κ1) is 12.3. The van der Waals surface area contributed by atoms with Gasteiger partial charge in [-0.25, -0.2) is 4.98 Å². The number of likely N-dealkylation sites (tertiary alicyclic amines) is 1. The summed E-state index contributed by atoms with van der Waals surface area (Å²) in [5.41, 5.74) is 0. The Morgan fingerprint density at radius 2 is 2.37 bits per heavy atom. The van der Waals surface area contributed by atoms with Gasteiger partial charge < -0.3 is 9.64 Å². The normalized spacial score (nSPS) is 26.7. The van der Waals surface area contributed by atoms with Crippen LogP contribution in [-0.2, 0) is 9.53 Å². The van der Waals surface area contributed by atoms with E-state index in [4.69, 9.17) is 4.74 Å². The number of hydrogen-bond acceptors (Lipinski definition) is 4. The zero-order valence-corrected chi connectivity index (χ0v) is 11.0. The van der Waals surface area contributed by atoms with Crippen molar-refractivity contribution in [3.8, 4) is 0 Å². The molecular weight excluding hydrogens is 244 g/mol. The Labute approximate surface area is 111 Å². The van der Waals surface area contributed by atoms with E-state index >= 15 is 0 Å². The Kier molecular flexibility index (Phi) is 3.10. The number of hydrogen-bond donors (Lipinski definition) is 1. The molecule has 1 saturated carbocycles. The van der Waals surface area contributed by atoms with Gasteiger partial charge in [-0.2, -0.15) is 5.10 Å². The average molecular weight is 262 g/mol. The number of nitrogens with zero attached hydrogens (tertiary/aromatic N) is 3. The second-order valence-corrected chi connectivity index (χ2v) is 5.16. The molecular formula is C13H18N4O2. The lowest BCUT2D eigenvalue weighted by Crippen LogP contribution is -2.30. The molecule has 0 spiro atoms. The minimum absolute atomic E-state index is 0.0448. The van der Waals surface area contributed by atoms with Gasteiger partial charge in [0, 0.05) is 26.0 Å². The molecule has 1 aliphatic carbocycles. The van der Waals surface area contributed by atoms with Crippen molar-refractivity contribution in [3.05, 3.63) is 24.3 Å². The van der Waals surface area contributed by atoms with E-state index in [-0.39, 0.29) is 18.1 Å². The van der Waals surface area contributed by atoms with E-state index in [0.29, 0.717) is 12.5 Å². The minimum atomic E-state index is -0.0890. The van der Waals surface area contributed by atoms with Crippen LogP contribution >= 0.6 is 0 Å². The van der Waals surface area contributed by atoms with E-state index < -0.39 is 0 Å². The number of rotatable bonds is 4. The summed E-state index contributed by atoms with van der Waals surface area (Å²) in [6.07, 6.45) is 4.46. The van der Waals surface area contributed by atoms with Crippen LogP contribution in [0.5, 0.6) is 0 Å². The van der Waals surface area contributed by atoms with Crippen LogP contribution in [0, 0.1) is 0 Å². The first-order valence-corrected chi connectivity index (χ1v) is 6.61. The fourth-order valence-corrected chi connectivity index (χ4v) is 2.55. The molecule has 0 aromatic carbocycles. The molecule has 2 aliphatic rings. The van der Waals surface area contributed by atoms with E-state index in [1.54, 1.807) is 12.0 Å². The Balaban J connectivity index is 1.82. The van der Waals surface area contributed by atoms with Crippen molar-refractivity contribution in [1.82, 2.24) is 20.1 Å². The number of H-pyrrole nitrogens is 1. The highest BCUT2D eigenvalue weighted by Crippen LogP contribution is 2.39. The zero-order valence-electron chi connectivity index (χ0n) is 11.0. The lowest BCUT2D eigenvalue weighted by atomic mass is 10.2. The molecule has 6 heteroatoms. The molecule has 1 aromatic heterocycles. The third kappa shape index (κ3) is 2.28. The zero-order chi connectivity index (χ0) is 13.4. The van der Waals surface area contributed by atoms with Gasteiger partial charge >= 0.3 is 0 Å². The van der Waals surface area contributed by atoms with Gasteiger partial charge in [0.1, 0.15) is 5.82 Å². The molecule has 1 aliphatic heterocycles. The molecule has 0 radical (unpaired) electrons. The Morgan fingerprint density at radius 1 is 1.58 bits per heavy atom. The van der Waals surface area contributed by atoms with Crippen LogP contribution in [0.3, 0.4) is 0 Å². The van der Waals surface area contributed by atoms with E-state index in [1.807, 2.05) is 0 Å². The first-order valence-electron chi connectivity index (χ1n) is 6.61. The maximum Gasteiger partial charge on any atom is 0.246 e. The van der Waals surface area contributed by atoms with Crippen LogP contribution in [0.15, 0.2) is 12.7 Å². The van der Waals surface area contributed by atoms with Gasteiger partial charge in [0.05, 0.1) is 12.1 Å². The van der Waals surface area contributed by atoms with Crippen LogP contribution < -0.4 is 0 Å². The summed E-state index contributed by atoms with van der Waals surface area (Å²) in [5.74, 6) is 2.06. The molecule has 102 valence electrons. The fourth-order valence-electron chi connectivity index (χ4n) is 2.55. The minimum Gasteiger partial charge on any atom is -0.380 e. The van der Waals surface area contributed by atoms with Crippen LogP contribution in [0.4, 0.5) is 0 Å². The average Bonchev–Trinajstić information content (AvgIpc) is 3.02. The molecule has 1 amide bonds. The van der Waals surface area contributed by atoms with Crippen molar-refractivity contribution in [2.45, 2.75) is 37.3 Å². The number of amides is 1. The van der Waals surface area contributed by atoms with Crippen molar-refractivity contribution < 1.29 is 9.53 Å². The third-order valence-corrected chi connectivity index (χ3v) is 3.83. The number of carbonyl (C=O) groups excluding carboxylic acids is 1. The van der Waals surface area contributed by atoms with Gasteiger partial charge in [-0.15, -0.1) is 0 Å².